The van der Waals surface area contributed by atoms with Crippen molar-refractivity contribution in [2.24, 2.45) is 0 Å². The van der Waals surface area contributed by atoms with Crippen molar-refractivity contribution in [3.05, 3.63) is 59.6 Å². The molecular formula is C22H27ClN2O3S2. The lowest BCUT2D eigenvalue weighted by Gasteiger charge is -2.25. The summed E-state index contributed by atoms with van der Waals surface area (Å²) in [4.78, 5) is 12.7. The van der Waals surface area contributed by atoms with Gasteiger partial charge in [-0.15, -0.1) is 0 Å². The SMILES string of the molecule is O=C(CN(c1ccccc1Cl)S(=O)(=O)c1ccccc1)NCCSC1CCCCC1. The Hall–Kier alpha value is -1.70. The Labute approximate surface area is 188 Å². The number of amides is 1. The molecule has 0 saturated heterocycles. The van der Waals surface area contributed by atoms with Gasteiger partial charge in [0.05, 0.1) is 15.6 Å². The van der Waals surface area contributed by atoms with Gasteiger partial charge in [-0.3, -0.25) is 9.10 Å². The number of para-hydroxylation sites is 1. The van der Waals surface area contributed by atoms with E-state index in [1.165, 1.54) is 44.2 Å². The standard InChI is InChI=1S/C22H27ClN2O3S2/c23-20-13-7-8-14-21(20)25(30(27,28)19-11-5-2-6-12-19)17-22(26)24-15-16-29-18-9-3-1-4-10-18/h2,5-8,11-14,18H,1,3-4,9-10,15-17H2,(H,24,26). The van der Waals surface area contributed by atoms with Crippen LogP contribution in [0.4, 0.5) is 5.69 Å². The average molecular weight is 467 g/mol. The van der Waals surface area contributed by atoms with Gasteiger partial charge in [0.25, 0.3) is 10.0 Å². The second kappa shape index (κ2) is 11.1. The predicted octanol–water partition coefficient (Wildman–Crippen LogP) is 4.72. The molecule has 3 rings (SSSR count). The largest absolute Gasteiger partial charge is 0.354 e. The minimum atomic E-state index is -3.94. The van der Waals surface area contributed by atoms with E-state index in [2.05, 4.69) is 5.32 Å². The maximum Gasteiger partial charge on any atom is 0.264 e. The Morgan fingerprint density at radius 1 is 1.03 bits per heavy atom. The molecule has 0 bridgehead atoms. The second-order valence-corrected chi connectivity index (χ2v) is 10.9. The lowest BCUT2D eigenvalue weighted by atomic mass is 10.0. The average Bonchev–Trinajstić information content (AvgIpc) is 2.77. The van der Waals surface area contributed by atoms with Crippen LogP contribution in [0.25, 0.3) is 0 Å². The van der Waals surface area contributed by atoms with Crippen LogP contribution < -0.4 is 9.62 Å². The van der Waals surface area contributed by atoms with Gasteiger partial charge >= 0.3 is 0 Å². The Kier molecular flexibility index (Phi) is 8.48. The van der Waals surface area contributed by atoms with Gasteiger partial charge in [0.2, 0.25) is 5.91 Å². The second-order valence-electron chi connectivity index (χ2n) is 7.26. The van der Waals surface area contributed by atoms with Gasteiger partial charge in [-0.25, -0.2) is 8.42 Å². The summed E-state index contributed by atoms with van der Waals surface area (Å²) in [6.45, 7) is 0.191. The zero-order valence-electron chi connectivity index (χ0n) is 16.8. The smallest absolute Gasteiger partial charge is 0.264 e. The summed E-state index contributed by atoms with van der Waals surface area (Å²) < 4.78 is 27.6. The summed E-state index contributed by atoms with van der Waals surface area (Å²) in [6, 6.07) is 14.7. The van der Waals surface area contributed by atoms with Crippen molar-refractivity contribution in [3.8, 4) is 0 Å². The lowest BCUT2D eigenvalue weighted by molar-refractivity contribution is -0.119. The molecule has 8 heteroatoms. The van der Waals surface area contributed by atoms with Crippen LogP contribution in [0.2, 0.25) is 5.02 Å². The molecule has 0 spiro atoms. The number of carbonyl (C=O) groups is 1. The summed E-state index contributed by atoms with van der Waals surface area (Å²) in [5.41, 5.74) is 0.287. The molecule has 0 unspecified atom stereocenters. The lowest BCUT2D eigenvalue weighted by Crippen LogP contribution is -2.41. The van der Waals surface area contributed by atoms with Gasteiger partial charge < -0.3 is 5.32 Å². The number of rotatable bonds is 9. The summed E-state index contributed by atoms with van der Waals surface area (Å²) in [5.74, 6) is 0.479. The van der Waals surface area contributed by atoms with Crippen molar-refractivity contribution in [1.29, 1.82) is 0 Å². The van der Waals surface area contributed by atoms with Crippen LogP contribution in [0.3, 0.4) is 0 Å². The van der Waals surface area contributed by atoms with E-state index in [0.717, 1.165) is 10.1 Å². The maximum absolute atomic E-state index is 13.2. The highest BCUT2D eigenvalue weighted by Gasteiger charge is 2.28. The molecule has 1 N–H and O–H groups in total. The number of sulfonamides is 1. The Morgan fingerprint density at radius 3 is 2.40 bits per heavy atom. The Balaban J connectivity index is 1.67. The summed E-state index contributed by atoms with van der Waals surface area (Å²) in [5, 5.41) is 3.81. The number of nitrogens with one attached hydrogen (secondary N) is 1. The van der Waals surface area contributed by atoms with Crippen LogP contribution in [0, 0.1) is 0 Å². The van der Waals surface area contributed by atoms with E-state index in [4.69, 9.17) is 11.6 Å². The molecule has 0 radical (unpaired) electrons. The van der Waals surface area contributed by atoms with Crippen molar-refractivity contribution in [2.75, 3.05) is 23.1 Å². The molecule has 1 aliphatic rings. The first-order valence-electron chi connectivity index (χ1n) is 10.2. The molecular weight excluding hydrogens is 440 g/mol. The van der Waals surface area contributed by atoms with Gasteiger partial charge in [-0.05, 0) is 37.1 Å². The summed E-state index contributed by atoms with van der Waals surface area (Å²) in [7, 11) is -3.94. The molecule has 0 aromatic heterocycles. The summed E-state index contributed by atoms with van der Waals surface area (Å²) in [6.07, 6.45) is 6.38. The number of carbonyl (C=O) groups excluding carboxylic acids is 1. The molecule has 2 aromatic rings. The van der Waals surface area contributed by atoms with Crippen molar-refractivity contribution < 1.29 is 13.2 Å². The van der Waals surface area contributed by atoms with Crippen LogP contribution in [0.5, 0.6) is 0 Å². The van der Waals surface area contributed by atoms with Crippen molar-refractivity contribution in [1.82, 2.24) is 5.32 Å². The fraction of sp³-hybridized carbons (Fsp3) is 0.409. The number of hydrogen-bond donors (Lipinski definition) is 1. The van der Waals surface area contributed by atoms with Gasteiger partial charge in [-0.1, -0.05) is 61.2 Å². The van der Waals surface area contributed by atoms with E-state index in [1.807, 2.05) is 11.8 Å². The number of anilines is 1. The number of thioether (sulfide) groups is 1. The zero-order valence-corrected chi connectivity index (χ0v) is 19.2. The molecule has 0 aliphatic heterocycles. The van der Waals surface area contributed by atoms with Gasteiger partial charge in [-0.2, -0.15) is 11.8 Å². The third-order valence-electron chi connectivity index (χ3n) is 5.07. The number of nitrogens with zero attached hydrogens (tertiary/aromatic N) is 1. The number of benzene rings is 2. The van der Waals surface area contributed by atoms with E-state index in [9.17, 15) is 13.2 Å². The van der Waals surface area contributed by atoms with Crippen LogP contribution in [-0.4, -0.2) is 38.4 Å². The Bertz CT molecular complexity index is 932. The predicted molar refractivity (Wildman–Crippen MR) is 125 cm³/mol. The van der Waals surface area contributed by atoms with Gasteiger partial charge in [0, 0.05) is 17.5 Å². The Morgan fingerprint density at radius 2 is 1.70 bits per heavy atom. The van der Waals surface area contributed by atoms with Crippen LogP contribution in [-0.2, 0) is 14.8 Å². The molecule has 0 heterocycles. The summed E-state index contributed by atoms with van der Waals surface area (Å²) >= 11 is 8.16. The highest BCUT2D eigenvalue weighted by molar-refractivity contribution is 7.99. The highest BCUT2D eigenvalue weighted by atomic mass is 35.5. The van der Waals surface area contributed by atoms with Crippen molar-refractivity contribution in [3.63, 3.8) is 0 Å². The first kappa shape index (κ1) is 23.0. The minimum Gasteiger partial charge on any atom is -0.354 e. The normalized spacial score (nSPS) is 15.0. The molecule has 30 heavy (non-hydrogen) atoms. The van der Waals surface area contributed by atoms with Gasteiger partial charge in [0.1, 0.15) is 6.54 Å². The molecule has 2 aromatic carbocycles. The zero-order chi connectivity index (χ0) is 21.4. The van der Waals surface area contributed by atoms with E-state index in [1.54, 1.807) is 42.5 Å². The fourth-order valence-electron chi connectivity index (χ4n) is 3.51. The molecule has 1 saturated carbocycles. The van der Waals surface area contributed by atoms with Crippen molar-refractivity contribution >= 4 is 45.0 Å². The van der Waals surface area contributed by atoms with E-state index >= 15 is 0 Å². The molecule has 1 aliphatic carbocycles. The minimum absolute atomic E-state index is 0.116. The van der Waals surface area contributed by atoms with Crippen LogP contribution in [0.15, 0.2) is 59.5 Å². The molecule has 0 atom stereocenters. The van der Waals surface area contributed by atoms with E-state index < -0.39 is 10.0 Å². The maximum atomic E-state index is 13.2. The number of hydrogen-bond acceptors (Lipinski definition) is 4. The topological polar surface area (TPSA) is 66.5 Å². The van der Waals surface area contributed by atoms with Gasteiger partial charge in [0.15, 0.2) is 0 Å². The highest BCUT2D eigenvalue weighted by Crippen LogP contribution is 2.30. The molecule has 1 fully saturated rings. The van der Waals surface area contributed by atoms with Crippen LogP contribution >= 0.6 is 23.4 Å². The third kappa shape index (κ3) is 6.15. The monoisotopic (exact) mass is 466 g/mol. The molecule has 1 amide bonds. The fourth-order valence-corrected chi connectivity index (χ4v) is 6.48. The molecule has 5 nitrogen and oxygen atoms in total. The quantitative estimate of drug-likeness (QED) is 0.543. The first-order chi connectivity index (χ1) is 14.5. The van der Waals surface area contributed by atoms with Crippen LogP contribution in [0.1, 0.15) is 32.1 Å². The molecule has 162 valence electrons. The first-order valence-corrected chi connectivity index (χ1v) is 13.1. The van der Waals surface area contributed by atoms with E-state index in [-0.39, 0.29) is 28.1 Å². The van der Waals surface area contributed by atoms with E-state index in [0.29, 0.717) is 11.8 Å². The third-order valence-corrected chi connectivity index (χ3v) is 8.55. The van der Waals surface area contributed by atoms with Crippen molar-refractivity contribution in [2.45, 2.75) is 42.2 Å². The number of halogens is 1.